The summed E-state index contributed by atoms with van der Waals surface area (Å²) in [6.07, 6.45) is 2.78. The molecule has 3 nitrogen and oxygen atoms in total. The van der Waals surface area contributed by atoms with E-state index < -0.39 is 6.10 Å². The maximum Gasteiger partial charge on any atom is 0.0967 e. The highest BCUT2D eigenvalue weighted by Crippen LogP contribution is 2.20. The summed E-state index contributed by atoms with van der Waals surface area (Å²) >= 11 is 0. The molecule has 1 rings (SSSR count). The van der Waals surface area contributed by atoms with Gasteiger partial charge < -0.3 is 10.2 Å². The van der Waals surface area contributed by atoms with Crippen LogP contribution >= 0.6 is 0 Å². The van der Waals surface area contributed by atoms with Crippen LogP contribution < -0.4 is 0 Å². The van der Waals surface area contributed by atoms with E-state index in [1.165, 1.54) is 0 Å². The lowest BCUT2D eigenvalue weighted by Gasteiger charge is -2.32. The Morgan fingerprint density at radius 3 is 2.11 bits per heavy atom. The van der Waals surface area contributed by atoms with Gasteiger partial charge in [-0.2, -0.15) is 0 Å². The highest BCUT2D eigenvalue weighted by Gasteiger charge is 2.25. The highest BCUT2D eigenvalue weighted by molar-refractivity contribution is 5.19. The Hall–Kier alpha value is -1.42. The van der Waals surface area contributed by atoms with E-state index >= 15 is 0 Å². The molecule has 0 spiro atoms. The Morgan fingerprint density at radius 1 is 1.11 bits per heavy atom. The van der Waals surface area contributed by atoms with Crippen molar-refractivity contribution < 1.29 is 10.2 Å². The van der Waals surface area contributed by atoms with Gasteiger partial charge in [0.2, 0.25) is 0 Å². The average Bonchev–Trinajstić information content (AvgIpc) is 2.41. The number of aliphatic hydroxyl groups excluding tert-OH is 2. The van der Waals surface area contributed by atoms with Gasteiger partial charge in [0.05, 0.1) is 18.8 Å². The van der Waals surface area contributed by atoms with Crippen molar-refractivity contribution in [1.29, 1.82) is 0 Å². The molecule has 2 N–H and O–H groups in total. The molecular formula is C15H21NO2. The van der Waals surface area contributed by atoms with Crippen LogP contribution in [0, 0.1) is 0 Å². The van der Waals surface area contributed by atoms with Crippen molar-refractivity contribution >= 4 is 0 Å². The summed E-state index contributed by atoms with van der Waals surface area (Å²) in [6.45, 7) is 8.47. The third-order valence-electron chi connectivity index (χ3n) is 2.89. The van der Waals surface area contributed by atoms with Gasteiger partial charge >= 0.3 is 0 Å². The van der Waals surface area contributed by atoms with Gasteiger partial charge in [-0.3, -0.25) is 4.90 Å². The molecule has 0 bridgehead atoms. The van der Waals surface area contributed by atoms with Crippen LogP contribution in [0.15, 0.2) is 55.6 Å². The first-order chi connectivity index (χ1) is 8.74. The van der Waals surface area contributed by atoms with E-state index in [2.05, 4.69) is 13.2 Å². The zero-order valence-corrected chi connectivity index (χ0v) is 10.6. The number of benzene rings is 1. The summed E-state index contributed by atoms with van der Waals surface area (Å²) in [4.78, 5) is 1.94. The molecule has 0 radical (unpaired) electrons. The van der Waals surface area contributed by atoms with Gasteiger partial charge in [-0.15, -0.1) is 13.2 Å². The maximum atomic E-state index is 10.3. The van der Waals surface area contributed by atoms with Crippen molar-refractivity contribution in [3.05, 3.63) is 61.2 Å². The lowest BCUT2D eigenvalue weighted by Crippen LogP contribution is -2.42. The number of aliphatic hydroxyl groups is 2. The summed E-state index contributed by atoms with van der Waals surface area (Å²) < 4.78 is 0. The van der Waals surface area contributed by atoms with E-state index in [0.717, 1.165) is 5.56 Å². The summed E-state index contributed by atoms with van der Waals surface area (Å²) in [5, 5.41) is 19.8. The van der Waals surface area contributed by atoms with Gasteiger partial charge in [0.15, 0.2) is 0 Å². The molecule has 0 saturated carbocycles. The standard InChI is InChI=1S/C15H21NO2/c1-3-10-16(11-4-2)14(12-17)15(18)13-8-6-5-7-9-13/h3-9,14-15,17-18H,1-2,10-12H2/t14-,15-/m0/s1. The van der Waals surface area contributed by atoms with Crippen LogP contribution in [0.5, 0.6) is 0 Å². The number of nitrogens with zero attached hydrogens (tertiary/aromatic N) is 1. The third kappa shape index (κ3) is 3.81. The monoisotopic (exact) mass is 247 g/mol. The van der Waals surface area contributed by atoms with Gasteiger partial charge in [0.1, 0.15) is 0 Å². The van der Waals surface area contributed by atoms with Crippen molar-refractivity contribution in [2.75, 3.05) is 19.7 Å². The minimum Gasteiger partial charge on any atom is -0.395 e. The van der Waals surface area contributed by atoms with Gasteiger partial charge in [0, 0.05) is 13.1 Å². The third-order valence-corrected chi connectivity index (χ3v) is 2.89. The van der Waals surface area contributed by atoms with Crippen molar-refractivity contribution in [2.45, 2.75) is 12.1 Å². The lowest BCUT2D eigenvalue weighted by atomic mass is 10.0. The summed E-state index contributed by atoms with van der Waals surface area (Å²) in [6, 6.07) is 9.00. The highest BCUT2D eigenvalue weighted by atomic mass is 16.3. The van der Waals surface area contributed by atoms with E-state index in [-0.39, 0.29) is 12.6 Å². The second-order valence-corrected chi connectivity index (χ2v) is 4.14. The minimum absolute atomic E-state index is 0.113. The molecule has 98 valence electrons. The predicted octanol–water partition coefficient (Wildman–Crippen LogP) is 1.75. The molecule has 3 heteroatoms. The van der Waals surface area contributed by atoms with E-state index in [9.17, 15) is 10.2 Å². The molecule has 0 aliphatic heterocycles. The fourth-order valence-corrected chi connectivity index (χ4v) is 1.96. The molecule has 0 saturated heterocycles. The molecule has 1 aromatic carbocycles. The largest absolute Gasteiger partial charge is 0.395 e. The Labute approximate surface area is 109 Å². The van der Waals surface area contributed by atoms with Crippen LogP contribution in [0.4, 0.5) is 0 Å². The smallest absolute Gasteiger partial charge is 0.0967 e. The van der Waals surface area contributed by atoms with Crippen molar-refractivity contribution in [2.24, 2.45) is 0 Å². The first-order valence-corrected chi connectivity index (χ1v) is 6.04. The molecule has 18 heavy (non-hydrogen) atoms. The van der Waals surface area contributed by atoms with Crippen LogP contribution in [0.1, 0.15) is 11.7 Å². The van der Waals surface area contributed by atoms with Gasteiger partial charge in [-0.1, -0.05) is 42.5 Å². The Balaban J connectivity index is 2.86. The normalized spacial score (nSPS) is 14.2. The van der Waals surface area contributed by atoms with Gasteiger partial charge in [0.25, 0.3) is 0 Å². The fourth-order valence-electron chi connectivity index (χ4n) is 1.96. The second-order valence-electron chi connectivity index (χ2n) is 4.14. The summed E-state index contributed by atoms with van der Waals surface area (Å²) in [7, 11) is 0. The molecule has 0 unspecified atom stereocenters. The lowest BCUT2D eigenvalue weighted by molar-refractivity contribution is 0.0255. The Morgan fingerprint density at radius 2 is 1.67 bits per heavy atom. The summed E-state index contributed by atoms with van der Waals surface area (Å²) in [5.41, 5.74) is 0.801. The van der Waals surface area contributed by atoms with E-state index in [1.54, 1.807) is 12.2 Å². The molecule has 0 aromatic heterocycles. The second kappa shape index (κ2) is 7.82. The fraction of sp³-hybridized carbons (Fsp3) is 0.333. The van der Waals surface area contributed by atoms with Gasteiger partial charge in [-0.05, 0) is 5.56 Å². The van der Waals surface area contributed by atoms with Crippen LogP contribution in [-0.4, -0.2) is 40.9 Å². The average molecular weight is 247 g/mol. The maximum absolute atomic E-state index is 10.3. The van der Waals surface area contributed by atoms with Crippen LogP contribution in [0.2, 0.25) is 0 Å². The molecule has 0 aliphatic carbocycles. The topological polar surface area (TPSA) is 43.7 Å². The molecule has 0 aliphatic rings. The molecule has 0 heterocycles. The zero-order chi connectivity index (χ0) is 13.4. The number of hydrogen-bond acceptors (Lipinski definition) is 3. The first kappa shape index (κ1) is 14.6. The number of rotatable bonds is 8. The van der Waals surface area contributed by atoms with Crippen LogP contribution in [-0.2, 0) is 0 Å². The van der Waals surface area contributed by atoms with Crippen molar-refractivity contribution in [3.63, 3.8) is 0 Å². The Kier molecular flexibility index (Phi) is 6.36. The molecule has 1 aromatic rings. The van der Waals surface area contributed by atoms with E-state index in [4.69, 9.17) is 0 Å². The molecule has 0 fully saturated rings. The molecule has 2 atom stereocenters. The zero-order valence-electron chi connectivity index (χ0n) is 10.6. The Bertz CT molecular complexity index is 354. The SMILES string of the molecule is C=CCN(CC=C)[C@@H](CO)[C@@H](O)c1ccccc1. The predicted molar refractivity (Wildman–Crippen MR) is 74.2 cm³/mol. The molecule has 0 amide bonds. The van der Waals surface area contributed by atoms with Gasteiger partial charge in [-0.25, -0.2) is 0 Å². The van der Waals surface area contributed by atoms with E-state index in [0.29, 0.717) is 13.1 Å². The van der Waals surface area contributed by atoms with Crippen LogP contribution in [0.3, 0.4) is 0 Å². The first-order valence-electron chi connectivity index (χ1n) is 6.04. The number of hydrogen-bond donors (Lipinski definition) is 2. The summed E-state index contributed by atoms with van der Waals surface area (Å²) in [5.74, 6) is 0. The van der Waals surface area contributed by atoms with Crippen molar-refractivity contribution in [3.8, 4) is 0 Å². The minimum atomic E-state index is -0.726. The quantitative estimate of drug-likeness (QED) is 0.688. The van der Waals surface area contributed by atoms with E-state index in [1.807, 2.05) is 35.2 Å². The van der Waals surface area contributed by atoms with Crippen molar-refractivity contribution in [1.82, 2.24) is 4.90 Å². The molecular weight excluding hydrogens is 226 g/mol. The van der Waals surface area contributed by atoms with Crippen LogP contribution in [0.25, 0.3) is 0 Å².